The van der Waals surface area contributed by atoms with Crippen LogP contribution in [0.1, 0.15) is 20.8 Å². The van der Waals surface area contributed by atoms with E-state index >= 15 is 0 Å². The second-order valence-corrected chi connectivity index (χ2v) is 7.10. The van der Waals surface area contributed by atoms with Crippen LogP contribution in [0.5, 0.6) is 0 Å². The molecule has 0 fully saturated rings. The molecule has 0 saturated carbocycles. The smallest absolute Gasteiger partial charge is 0.349 e. The zero-order chi connectivity index (χ0) is 16.7. The van der Waals surface area contributed by atoms with Crippen LogP contribution in [-0.2, 0) is 9.53 Å². The Morgan fingerprint density at radius 2 is 1.91 bits per heavy atom. The van der Waals surface area contributed by atoms with Crippen LogP contribution in [0.4, 0.5) is 0 Å². The highest BCUT2D eigenvalue weighted by Gasteiger charge is 2.13. The molecule has 4 nitrogen and oxygen atoms in total. The normalized spacial score (nSPS) is 10.3. The van der Waals surface area contributed by atoms with Gasteiger partial charge in [0.1, 0.15) is 4.88 Å². The van der Waals surface area contributed by atoms with Gasteiger partial charge in [0.05, 0.1) is 0 Å². The van der Waals surface area contributed by atoms with Crippen LogP contribution in [0.2, 0.25) is 0 Å². The minimum Gasteiger partial charge on any atom is -0.451 e. The Hall–Kier alpha value is -1.79. The van der Waals surface area contributed by atoms with Gasteiger partial charge in [0.15, 0.2) is 6.61 Å². The minimum absolute atomic E-state index is 0.245. The first-order valence-electron chi connectivity index (χ1n) is 7.23. The molecular formula is C17H19NO3S2. The maximum Gasteiger partial charge on any atom is 0.349 e. The number of hydrogen-bond donors (Lipinski definition) is 1. The first-order chi connectivity index (χ1) is 11.1. The number of esters is 1. The summed E-state index contributed by atoms with van der Waals surface area (Å²) in [4.78, 5) is 25.2. The van der Waals surface area contributed by atoms with E-state index in [1.807, 2.05) is 25.3 Å². The molecule has 6 heteroatoms. The molecule has 1 aromatic carbocycles. The molecule has 0 bridgehead atoms. The van der Waals surface area contributed by atoms with Crippen molar-refractivity contribution in [1.29, 1.82) is 0 Å². The van der Waals surface area contributed by atoms with E-state index < -0.39 is 5.97 Å². The van der Waals surface area contributed by atoms with Gasteiger partial charge in [0, 0.05) is 17.2 Å². The lowest BCUT2D eigenvalue weighted by Gasteiger charge is -2.06. The summed E-state index contributed by atoms with van der Waals surface area (Å²) in [6, 6.07) is 10.1. The summed E-state index contributed by atoms with van der Waals surface area (Å²) in [5, 5.41) is 4.57. The molecule has 0 unspecified atom stereocenters. The Balaban J connectivity index is 1.62. The SMILES string of the molecule is Cc1ccc(SCCNC(=O)COC(=O)c2sccc2C)cc1. The molecule has 23 heavy (non-hydrogen) atoms. The van der Waals surface area contributed by atoms with Crippen LogP contribution in [0.15, 0.2) is 40.6 Å². The zero-order valence-electron chi connectivity index (χ0n) is 13.1. The van der Waals surface area contributed by atoms with Gasteiger partial charge in [-0.3, -0.25) is 4.79 Å². The van der Waals surface area contributed by atoms with Gasteiger partial charge in [-0.05, 0) is 43.0 Å². The van der Waals surface area contributed by atoms with E-state index in [2.05, 4.69) is 29.6 Å². The standard InChI is InChI=1S/C17H19NO3S2/c1-12-3-5-14(6-4-12)22-10-8-18-15(19)11-21-17(20)16-13(2)7-9-23-16/h3-7,9H,8,10-11H2,1-2H3,(H,18,19). The predicted octanol–water partition coefficient (Wildman–Crippen LogP) is 3.43. The summed E-state index contributed by atoms with van der Waals surface area (Å²) in [5.74, 6) is 0.0472. The number of thiophene rings is 1. The van der Waals surface area contributed by atoms with Gasteiger partial charge in [-0.15, -0.1) is 23.1 Å². The number of ether oxygens (including phenoxy) is 1. The Morgan fingerprint density at radius 3 is 2.57 bits per heavy atom. The Kier molecular flexibility index (Phi) is 6.67. The van der Waals surface area contributed by atoms with E-state index in [0.29, 0.717) is 11.4 Å². The largest absolute Gasteiger partial charge is 0.451 e. The molecule has 2 aromatic rings. The summed E-state index contributed by atoms with van der Waals surface area (Å²) in [7, 11) is 0. The number of thioether (sulfide) groups is 1. The third-order valence-corrected chi connectivity index (χ3v) is 5.11. The number of carbonyl (C=O) groups is 2. The summed E-state index contributed by atoms with van der Waals surface area (Å²) in [6.45, 7) is 4.18. The molecule has 0 saturated heterocycles. The number of amides is 1. The van der Waals surface area contributed by atoms with Crippen molar-refractivity contribution in [2.45, 2.75) is 18.7 Å². The van der Waals surface area contributed by atoms with Gasteiger partial charge in [0.25, 0.3) is 5.91 Å². The second-order valence-electron chi connectivity index (χ2n) is 5.02. The van der Waals surface area contributed by atoms with Gasteiger partial charge in [0.2, 0.25) is 0 Å². The second kappa shape index (κ2) is 8.74. The van der Waals surface area contributed by atoms with Crippen LogP contribution in [0.3, 0.4) is 0 Å². The van der Waals surface area contributed by atoms with Gasteiger partial charge >= 0.3 is 5.97 Å². The molecule has 0 atom stereocenters. The lowest BCUT2D eigenvalue weighted by molar-refractivity contribution is -0.124. The predicted molar refractivity (Wildman–Crippen MR) is 94.3 cm³/mol. The van der Waals surface area contributed by atoms with Crippen LogP contribution < -0.4 is 5.32 Å². The quantitative estimate of drug-likeness (QED) is 0.473. The van der Waals surface area contributed by atoms with Crippen molar-refractivity contribution in [1.82, 2.24) is 5.32 Å². The fourth-order valence-electron chi connectivity index (χ4n) is 1.82. The molecular weight excluding hydrogens is 330 g/mol. The molecule has 0 aliphatic rings. The highest BCUT2D eigenvalue weighted by atomic mass is 32.2. The highest BCUT2D eigenvalue weighted by molar-refractivity contribution is 7.99. The van der Waals surface area contributed by atoms with Crippen LogP contribution in [0.25, 0.3) is 0 Å². The number of benzene rings is 1. The number of aryl methyl sites for hydroxylation is 2. The number of carbonyl (C=O) groups excluding carboxylic acids is 2. The van der Waals surface area contributed by atoms with Crippen molar-refractivity contribution in [3.8, 4) is 0 Å². The molecule has 1 heterocycles. The fraction of sp³-hybridized carbons (Fsp3) is 0.294. The molecule has 122 valence electrons. The van der Waals surface area contributed by atoms with Crippen LogP contribution >= 0.6 is 23.1 Å². The first-order valence-corrected chi connectivity index (χ1v) is 9.10. The van der Waals surface area contributed by atoms with Gasteiger partial charge in [-0.25, -0.2) is 4.79 Å². The van der Waals surface area contributed by atoms with Gasteiger partial charge in [-0.1, -0.05) is 17.7 Å². The van der Waals surface area contributed by atoms with E-state index in [1.165, 1.54) is 21.8 Å². The van der Waals surface area contributed by atoms with Crippen LogP contribution in [0, 0.1) is 13.8 Å². The summed E-state index contributed by atoms with van der Waals surface area (Å²) < 4.78 is 5.01. The average molecular weight is 349 g/mol. The number of nitrogens with one attached hydrogen (secondary N) is 1. The maximum atomic E-state index is 11.8. The van der Waals surface area contributed by atoms with Crippen LogP contribution in [-0.4, -0.2) is 30.8 Å². The number of rotatable bonds is 7. The van der Waals surface area contributed by atoms with Gasteiger partial charge < -0.3 is 10.1 Å². The molecule has 0 aliphatic carbocycles. The third-order valence-electron chi connectivity index (χ3n) is 3.10. The molecule has 1 amide bonds. The van der Waals surface area contributed by atoms with E-state index in [1.54, 1.807) is 11.8 Å². The van der Waals surface area contributed by atoms with E-state index in [-0.39, 0.29) is 12.5 Å². The van der Waals surface area contributed by atoms with Gasteiger partial charge in [-0.2, -0.15) is 0 Å². The minimum atomic E-state index is -0.443. The van der Waals surface area contributed by atoms with Crippen molar-refractivity contribution in [2.75, 3.05) is 18.9 Å². The van der Waals surface area contributed by atoms with Crippen molar-refractivity contribution in [3.05, 3.63) is 51.7 Å². The topological polar surface area (TPSA) is 55.4 Å². The lowest BCUT2D eigenvalue weighted by Crippen LogP contribution is -2.30. The van der Waals surface area contributed by atoms with Crippen molar-refractivity contribution >= 4 is 35.0 Å². The fourth-order valence-corrected chi connectivity index (χ4v) is 3.41. The molecule has 0 aliphatic heterocycles. The van der Waals surface area contributed by atoms with E-state index in [0.717, 1.165) is 11.3 Å². The molecule has 2 rings (SSSR count). The summed E-state index contributed by atoms with van der Waals surface area (Å²) in [6.07, 6.45) is 0. The number of hydrogen-bond acceptors (Lipinski definition) is 5. The maximum absolute atomic E-state index is 11.8. The Bertz CT molecular complexity index is 665. The summed E-state index contributed by atoms with van der Waals surface area (Å²) >= 11 is 2.99. The molecule has 1 aromatic heterocycles. The highest BCUT2D eigenvalue weighted by Crippen LogP contribution is 2.17. The zero-order valence-corrected chi connectivity index (χ0v) is 14.8. The third kappa shape index (κ3) is 5.73. The van der Waals surface area contributed by atoms with E-state index in [9.17, 15) is 9.59 Å². The van der Waals surface area contributed by atoms with Crippen molar-refractivity contribution in [3.63, 3.8) is 0 Å². The molecule has 1 N–H and O–H groups in total. The average Bonchev–Trinajstić information content (AvgIpc) is 2.97. The lowest BCUT2D eigenvalue weighted by atomic mass is 10.2. The first kappa shape index (κ1) is 17.6. The Labute approximate surface area is 144 Å². The monoisotopic (exact) mass is 349 g/mol. The van der Waals surface area contributed by atoms with E-state index in [4.69, 9.17) is 4.74 Å². The van der Waals surface area contributed by atoms with Crippen molar-refractivity contribution < 1.29 is 14.3 Å². The van der Waals surface area contributed by atoms with Crippen molar-refractivity contribution in [2.24, 2.45) is 0 Å². The Morgan fingerprint density at radius 1 is 1.17 bits per heavy atom. The summed E-state index contributed by atoms with van der Waals surface area (Å²) in [5.41, 5.74) is 2.10. The molecule has 0 radical (unpaired) electrons. The molecule has 0 spiro atoms.